The van der Waals surface area contributed by atoms with Crippen LogP contribution in [0.3, 0.4) is 0 Å². The Morgan fingerprint density at radius 3 is 2.33 bits per heavy atom. The Morgan fingerprint density at radius 1 is 1.28 bits per heavy atom. The van der Waals surface area contributed by atoms with Crippen LogP contribution in [0.25, 0.3) is 0 Å². The zero-order valence-electron chi connectivity index (χ0n) is 10.6. The summed E-state index contributed by atoms with van der Waals surface area (Å²) in [6, 6.07) is 0. The average Bonchev–Trinajstić information content (AvgIpc) is 2.36. The lowest BCUT2D eigenvalue weighted by molar-refractivity contribution is -0.149. The minimum absolute atomic E-state index is 0.0782. The number of aliphatic hydroxyl groups excluding tert-OH is 1. The van der Waals surface area contributed by atoms with Crippen molar-refractivity contribution < 1.29 is 24.9 Å². The maximum Gasteiger partial charge on any atom is 0.307 e. The molecule has 1 aliphatic rings. The zero-order chi connectivity index (χ0) is 13.8. The molecule has 3 atom stereocenters. The van der Waals surface area contributed by atoms with Crippen LogP contribution in [0.2, 0.25) is 0 Å². The van der Waals surface area contributed by atoms with E-state index in [9.17, 15) is 14.7 Å². The summed E-state index contributed by atoms with van der Waals surface area (Å²) >= 11 is 0. The van der Waals surface area contributed by atoms with E-state index in [4.69, 9.17) is 10.2 Å². The molecule has 6 nitrogen and oxygen atoms in total. The molecule has 1 unspecified atom stereocenters. The molecule has 1 fully saturated rings. The number of aliphatic carboxylic acids is 1. The van der Waals surface area contributed by atoms with Gasteiger partial charge in [-0.05, 0) is 19.8 Å². The van der Waals surface area contributed by atoms with Crippen LogP contribution in [0.1, 0.15) is 32.6 Å². The fourth-order valence-corrected chi connectivity index (χ4v) is 2.20. The highest BCUT2D eigenvalue weighted by molar-refractivity contribution is 5.84. The average molecular weight is 259 g/mol. The van der Waals surface area contributed by atoms with Gasteiger partial charge in [0.15, 0.2) is 0 Å². The maximum atomic E-state index is 11.9. The van der Waals surface area contributed by atoms with Crippen molar-refractivity contribution in [2.75, 3.05) is 13.2 Å². The van der Waals surface area contributed by atoms with E-state index < -0.39 is 30.0 Å². The van der Waals surface area contributed by atoms with E-state index in [0.717, 1.165) is 12.8 Å². The number of carboxylic acid groups (broad SMARTS) is 1. The van der Waals surface area contributed by atoms with E-state index in [-0.39, 0.29) is 12.5 Å². The molecule has 0 spiro atoms. The second kappa shape index (κ2) is 6.15. The number of rotatable bonds is 5. The Morgan fingerprint density at radius 2 is 1.83 bits per heavy atom. The lowest BCUT2D eigenvalue weighted by Gasteiger charge is -2.29. The molecule has 1 rings (SSSR count). The number of carbonyl (C=O) groups excluding carboxylic acids is 1. The summed E-state index contributed by atoms with van der Waals surface area (Å²) in [4.78, 5) is 23.0. The largest absolute Gasteiger partial charge is 0.481 e. The number of carbonyl (C=O) groups is 2. The highest BCUT2D eigenvalue weighted by Crippen LogP contribution is 2.30. The number of nitrogens with one attached hydrogen (secondary N) is 1. The number of aliphatic hydroxyl groups is 2. The SMILES string of the molecule is CC(O)(CO)CNC(=O)[C@@H]1CCCC[C@@H]1C(=O)O. The van der Waals surface area contributed by atoms with E-state index in [2.05, 4.69) is 5.32 Å². The van der Waals surface area contributed by atoms with Gasteiger partial charge in [0.05, 0.1) is 18.4 Å². The van der Waals surface area contributed by atoms with Gasteiger partial charge in [0.25, 0.3) is 0 Å². The summed E-state index contributed by atoms with van der Waals surface area (Å²) in [6.45, 7) is 0.869. The lowest BCUT2D eigenvalue weighted by atomic mass is 9.78. The third-order valence-electron chi connectivity index (χ3n) is 3.40. The van der Waals surface area contributed by atoms with Gasteiger partial charge in [0.1, 0.15) is 5.60 Å². The molecule has 0 saturated heterocycles. The topological polar surface area (TPSA) is 107 Å². The molecule has 0 heterocycles. The van der Waals surface area contributed by atoms with Gasteiger partial charge in [-0.3, -0.25) is 9.59 Å². The van der Waals surface area contributed by atoms with Crippen molar-refractivity contribution >= 4 is 11.9 Å². The van der Waals surface area contributed by atoms with E-state index in [0.29, 0.717) is 12.8 Å². The number of hydrogen-bond donors (Lipinski definition) is 4. The predicted molar refractivity (Wildman–Crippen MR) is 63.8 cm³/mol. The summed E-state index contributed by atoms with van der Waals surface area (Å²) in [5.74, 6) is -2.47. The Kier molecular flexibility index (Phi) is 5.10. The Hall–Kier alpha value is -1.14. The quantitative estimate of drug-likeness (QED) is 0.544. The van der Waals surface area contributed by atoms with Crippen LogP contribution in [-0.2, 0) is 9.59 Å². The van der Waals surface area contributed by atoms with Crippen molar-refractivity contribution in [2.45, 2.75) is 38.2 Å². The number of amides is 1. The van der Waals surface area contributed by atoms with Crippen LogP contribution in [-0.4, -0.2) is 45.9 Å². The first kappa shape index (κ1) is 14.9. The minimum atomic E-state index is -1.37. The first-order valence-electron chi connectivity index (χ1n) is 6.21. The van der Waals surface area contributed by atoms with Crippen molar-refractivity contribution in [2.24, 2.45) is 11.8 Å². The third kappa shape index (κ3) is 3.96. The zero-order valence-corrected chi connectivity index (χ0v) is 10.6. The molecule has 4 N–H and O–H groups in total. The van der Waals surface area contributed by atoms with Crippen LogP contribution in [0.15, 0.2) is 0 Å². The smallest absolute Gasteiger partial charge is 0.307 e. The van der Waals surface area contributed by atoms with Crippen molar-refractivity contribution in [3.8, 4) is 0 Å². The summed E-state index contributed by atoms with van der Waals surface area (Å²) in [7, 11) is 0. The Labute approximate surface area is 106 Å². The molecule has 0 bridgehead atoms. The van der Waals surface area contributed by atoms with Gasteiger partial charge in [-0.25, -0.2) is 0 Å². The van der Waals surface area contributed by atoms with Gasteiger partial charge in [0, 0.05) is 6.54 Å². The maximum absolute atomic E-state index is 11.9. The second-order valence-corrected chi connectivity index (χ2v) is 5.21. The van der Waals surface area contributed by atoms with Crippen molar-refractivity contribution in [3.63, 3.8) is 0 Å². The number of carboxylic acids is 1. The Balaban J connectivity index is 2.56. The minimum Gasteiger partial charge on any atom is -0.481 e. The number of hydrogen-bond acceptors (Lipinski definition) is 4. The monoisotopic (exact) mass is 259 g/mol. The highest BCUT2D eigenvalue weighted by atomic mass is 16.4. The van der Waals surface area contributed by atoms with Gasteiger partial charge >= 0.3 is 5.97 Å². The first-order valence-corrected chi connectivity index (χ1v) is 6.21. The van der Waals surface area contributed by atoms with Crippen LogP contribution in [0.5, 0.6) is 0 Å². The van der Waals surface area contributed by atoms with E-state index in [1.807, 2.05) is 0 Å². The molecule has 1 amide bonds. The van der Waals surface area contributed by atoms with Crippen molar-refractivity contribution in [3.05, 3.63) is 0 Å². The van der Waals surface area contributed by atoms with E-state index in [1.54, 1.807) is 0 Å². The third-order valence-corrected chi connectivity index (χ3v) is 3.40. The van der Waals surface area contributed by atoms with Crippen molar-refractivity contribution in [1.82, 2.24) is 5.32 Å². The molecule has 104 valence electrons. The summed E-state index contributed by atoms with van der Waals surface area (Å²) in [5, 5.41) is 30.0. The fourth-order valence-electron chi connectivity index (χ4n) is 2.20. The Bertz CT molecular complexity index is 316. The normalized spacial score (nSPS) is 27.3. The summed E-state index contributed by atoms with van der Waals surface area (Å²) in [5.41, 5.74) is -1.37. The van der Waals surface area contributed by atoms with Crippen LogP contribution < -0.4 is 5.32 Å². The molecule has 1 saturated carbocycles. The first-order chi connectivity index (χ1) is 8.37. The van der Waals surface area contributed by atoms with Crippen LogP contribution in [0.4, 0.5) is 0 Å². The van der Waals surface area contributed by atoms with Gasteiger partial charge < -0.3 is 20.6 Å². The molecule has 0 aromatic carbocycles. The molecule has 6 heteroatoms. The van der Waals surface area contributed by atoms with Gasteiger partial charge in [-0.1, -0.05) is 12.8 Å². The van der Waals surface area contributed by atoms with E-state index >= 15 is 0 Å². The molecule has 0 radical (unpaired) electrons. The van der Waals surface area contributed by atoms with E-state index in [1.165, 1.54) is 6.92 Å². The van der Waals surface area contributed by atoms with Gasteiger partial charge in [-0.15, -0.1) is 0 Å². The molecular formula is C12H21NO5. The summed E-state index contributed by atoms with van der Waals surface area (Å²) < 4.78 is 0. The van der Waals surface area contributed by atoms with Gasteiger partial charge in [-0.2, -0.15) is 0 Å². The fraction of sp³-hybridized carbons (Fsp3) is 0.833. The standard InChI is InChI=1S/C12H21NO5/c1-12(18,7-14)6-13-10(15)8-4-2-3-5-9(8)11(16)17/h8-9,14,18H,2-7H2,1H3,(H,13,15)(H,16,17)/t8-,9+,12?/m1/s1. The van der Waals surface area contributed by atoms with Gasteiger partial charge in [0.2, 0.25) is 5.91 Å². The molecule has 0 aromatic rings. The molecule has 18 heavy (non-hydrogen) atoms. The van der Waals surface area contributed by atoms with Crippen molar-refractivity contribution in [1.29, 1.82) is 0 Å². The lowest BCUT2D eigenvalue weighted by Crippen LogP contribution is -2.47. The predicted octanol–water partition coefficient (Wildman–Crippen LogP) is -0.263. The molecule has 0 aliphatic heterocycles. The molecule has 0 aromatic heterocycles. The molecular weight excluding hydrogens is 238 g/mol. The summed E-state index contributed by atoms with van der Waals surface area (Å²) in [6.07, 6.45) is 2.75. The van der Waals surface area contributed by atoms with Crippen LogP contribution in [0, 0.1) is 11.8 Å². The second-order valence-electron chi connectivity index (χ2n) is 5.21. The van der Waals surface area contributed by atoms with Crippen LogP contribution >= 0.6 is 0 Å². The molecule has 1 aliphatic carbocycles. The highest BCUT2D eigenvalue weighted by Gasteiger charge is 2.36.